The van der Waals surface area contributed by atoms with Gasteiger partial charge in [0.2, 0.25) is 5.95 Å². The van der Waals surface area contributed by atoms with E-state index in [1.807, 2.05) is 6.92 Å². The summed E-state index contributed by atoms with van der Waals surface area (Å²) in [5.74, 6) is -8.25. The van der Waals surface area contributed by atoms with Crippen LogP contribution in [0.5, 0.6) is 0 Å². The van der Waals surface area contributed by atoms with Gasteiger partial charge in [-0.2, -0.15) is 31.9 Å². The first-order chi connectivity index (χ1) is 12.5. The third-order valence-corrected chi connectivity index (χ3v) is 4.03. The molecule has 150 valence electrons. The Morgan fingerprint density at radius 3 is 2.48 bits per heavy atom. The Labute approximate surface area is 151 Å². The number of hydrogen-bond donors (Lipinski definition) is 1. The molecule has 11 heteroatoms. The quantitative estimate of drug-likeness (QED) is 0.728. The minimum Gasteiger partial charge on any atom is -0.343 e. The molecule has 0 spiro atoms. The third kappa shape index (κ3) is 4.95. The summed E-state index contributed by atoms with van der Waals surface area (Å²) < 4.78 is 79.1. The first-order valence-corrected chi connectivity index (χ1v) is 8.35. The number of unbranched alkanes of at least 4 members (excludes halogenated alkanes) is 1. The SMILES string of the molecule is CCCCc1nc(N[C@H](C)C(F)(F)F)nc(C2=C(F)C(=O)C(F)(F)CC2)n1. The van der Waals surface area contributed by atoms with Crippen molar-refractivity contribution in [2.75, 3.05) is 5.32 Å². The van der Waals surface area contributed by atoms with Gasteiger partial charge in [-0.05, 0) is 19.8 Å². The van der Waals surface area contributed by atoms with Gasteiger partial charge >= 0.3 is 12.1 Å². The van der Waals surface area contributed by atoms with Crippen molar-refractivity contribution in [2.45, 2.75) is 64.1 Å². The van der Waals surface area contributed by atoms with E-state index in [1.54, 1.807) is 0 Å². The lowest BCUT2D eigenvalue weighted by Gasteiger charge is -2.22. The molecule has 0 saturated carbocycles. The predicted octanol–water partition coefficient (Wildman–Crippen LogP) is 4.26. The highest BCUT2D eigenvalue weighted by Gasteiger charge is 2.46. The summed E-state index contributed by atoms with van der Waals surface area (Å²) in [5, 5.41) is 2.06. The van der Waals surface area contributed by atoms with Crippen LogP contribution in [-0.4, -0.2) is 38.9 Å². The van der Waals surface area contributed by atoms with E-state index in [-0.39, 0.29) is 12.2 Å². The molecule has 27 heavy (non-hydrogen) atoms. The van der Waals surface area contributed by atoms with Crippen molar-refractivity contribution in [2.24, 2.45) is 0 Å². The fourth-order valence-corrected chi connectivity index (χ4v) is 2.35. The summed E-state index contributed by atoms with van der Waals surface area (Å²) in [5.41, 5.74) is -0.450. The zero-order valence-electron chi connectivity index (χ0n) is 14.6. The van der Waals surface area contributed by atoms with Crippen molar-refractivity contribution in [3.8, 4) is 0 Å². The fourth-order valence-electron chi connectivity index (χ4n) is 2.35. The van der Waals surface area contributed by atoms with Gasteiger partial charge in [0.05, 0.1) is 0 Å². The molecule has 1 aromatic heterocycles. The van der Waals surface area contributed by atoms with Crippen LogP contribution in [0.4, 0.5) is 32.3 Å². The molecule has 0 aliphatic heterocycles. The van der Waals surface area contributed by atoms with Crippen LogP contribution in [0.1, 0.15) is 51.2 Å². The first-order valence-electron chi connectivity index (χ1n) is 8.35. The molecule has 1 aromatic rings. The third-order valence-electron chi connectivity index (χ3n) is 4.03. The number of nitrogens with one attached hydrogen (secondary N) is 1. The molecule has 0 amide bonds. The molecule has 1 atom stereocenters. The van der Waals surface area contributed by atoms with E-state index >= 15 is 0 Å². The summed E-state index contributed by atoms with van der Waals surface area (Å²) in [6.07, 6.45) is -4.40. The number of halogens is 6. The maximum Gasteiger partial charge on any atom is 0.408 e. The molecule has 1 N–H and O–H groups in total. The summed E-state index contributed by atoms with van der Waals surface area (Å²) in [6, 6.07) is -2.00. The van der Waals surface area contributed by atoms with E-state index < -0.39 is 59.9 Å². The second-order valence-electron chi connectivity index (χ2n) is 6.24. The maximum absolute atomic E-state index is 14.1. The number of nitrogens with zero attached hydrogens (tertiary/aromatic N) is 3. The lowest BCUT2D eigenvalue weighted by atomic mass is 9.93. The molecule has 0 radical (unpaired) electrons. The number of carbonyl (C=O) groups is 1. The zero-order chi connectivity index (χ0) is 20.4. The van der Waals surface area contributed by atoms with Crippen molar-refractivity contribution in [3.63, 3.8) is 0 Å². The topological polar surface area (TPSA) is 67.8 Å². The number of ketones is 1. The van der Waals surface area contributed by atoms with Gasteiger partial charge in [0.25, 0.3) is 5.78 Å². The standard InChI is InChI=1S/C16H18F6N4O/c1-3-4-5-10-24-13(9-6-7-15(18,19)12(27)11(9)17)26-14(25-10)23-8(2)16(20,21)22/h8H,3-7H2,1-2H3,(H,23,24,25,26)/t8-/m1/s1. The summed E-state index contributed by atoms with van der Waals surface area (Å²) in [6.45, 7) is 2.72. The lowest BCUT2D eigenvalue weighted by molar-refractivity contribution is -0.142. The molecular weight excluding hydrogens is 378 g/mol. The Balaban J connectivity index is 2.45. The van der Waals surface area contributed by atoms with Gasteiger partial charge < -0.3 is 5.32 Å². The highest BCUT2D eigenvalue weighted by molar-refractivity contribution is 6.05. The van der Waals surface area contributed by atoms with Crippen LogP contribution in [0.3, 0.4) is 0 Å². The molecule has 5 nitrogen and oxygen atoms in total. The average Bonchev–Trinajstić information content (AvgIpc) is 2.57. The predicted molar refractivity (Wildman–Crippen MR) is 84.8 cm³/mol. The zero-order valence-corrected chi connectivity index (χ0v) is 14.6. The number of allylic oxidation sites excluding steroid dienone is 2. The number of alkyl halides is 5. The largest absolute Gasteiger partial charge is 0.408 e. The monoisotopic (exact) mass is 396 g/mol. The number of aryl methyl sites for hydroxylation is 1. The molecular formula is C16H18F6N4O. The van der Waals surface area contributed by atoms with Gasteiger partial charge in [0.1, 0.15) is 11.9 Å². The van der Waals surface area contributed by atoms with Crippen molar-refractivity contribution >= 4 is 17.3 Å². The summed E-state index contributed by atoms with van der Waals surface area (Å²) >= 11 is 0. The van der Waals surface area contributed by atoms with Crippen molar-refractivity contribution < 1.29 is 31.1 Å². The molecule has 0 fully saturated rings. The van der Waals surface area contributed by atoms with Gasteiger partial charge in [-0.3, -0.25) is 4.79 Å². The van der Waals surface area contributed by atoms with Crippen LogP contribution in [-0.2, 0) is 11.2 Å². The molecule has 1 heterocycles. The first kappa shape index (κ1) is 21.1. The molecule has 2 rings (SSSR count). The Hall–Kier alpha value is -2.20. The van der Waals surface area contributed by atoms with Crippen LogP contribution < -0.4 is 5.32 Å². The van der Waals surface area contributed by atoms with Gasteiger partial charge in [-0.15, -0.1) is 0 Å². The average molecular weight is 396 g/mol. The number of carbonyl (C=O) groups excluding carboxylic acids is 1. The normalized spacial score (nSPS) is 18.6. The second-order valence-corrected chi connectivity index (χ2v) is 6.24. The van der Waals surface area contributed by atoms with E-state index in [1.165, 1.54) is 0 Å². The van der Waals surface area contributed by atoms with E-state index in [4.69, 9.17) is 0 Å². The Morgan fingerprint density at radius 1 is 1.22 bits per heavy atom. The Kier molecular flexibility index (Phi) is 6.10. The second kappa shape index (κ2) is 7.81. The highest BCUT2D eigenvalue weighted by atomic mass is 19.4. The number of rotatable bonds is 6. The van der Waals surface area contributed by atoms with Crippen molar-refractivity contribution in [1.82, 2.24) is 15.0 Å². The molecule has 1 aliphatic carbocycles. The van der Waals surface area contributed by atoms with E-state index in [2.05, 4.69) is 20.3 Å². The van der Waals surface area contributed by atoms with Crippen molar-refractivity contribution in [1.29, 1.82) is 0 Å². The molecule has 0 aromatic carbocycles. The van der Waals surface area contributed by atoms with E-state index in [0.29, 0.717) is 6.42 Å². The maximum atomic E-state index is 14.1. The highest BCUT2D eigenvalue weighted by Crippen LogP contribution is 2.38. The van der Waals surface area contributed by atoms with Crippen LogP contribution in [0.25, 0.3) is 5.57 Å². The van der Waals surface area contributed by atoms with Crippen LogP contribution in [0.2, 0.25) is 0 Å². The van der Waals surface area contributed by atoms with Gasteiger partial charge in [-0.25, -0.2) is 9.37 Å². The summed E-state index contributed by atoms with van der Waals surface area (Å²) in [4.78, 5) is 23.0. The van der Waals surface area contributed by atoms with Gasteiger partial charge in [-0.1, -0.05) is 13.3 Å². The van der Waals surface area contributed by atoms with Gasteiger partial charge in [0, 0.05) is 18.4 Å². The minimum atomic E-state index is -4.58. The van der Waals surface area contributed by atoms with Gasteiger partial charge in [0.15, 0.2) is 11.7 Å². The smallest absolute Gasteiger partial charge is 0.343 e. The number of anilines is 1. The lowest BCUT2D eigenvalue weighted by Crippen LogP contribution is -2.34. The van der Waals surface area contributed by atoms with Crippen molar-refractivity contribution in [3.05, 3.63) is 17.5 Å². The number of aromatic nitrogens is 3. The fraction of sp³-hybridized carbons (Fsp3) is 0.625. The van der Waals surface area contributed by atoms with Crippen LogP contribution >= 0.6 is 0 Å². The number of hydrogen-bond acceptors (Lipinski definition) is 5. The Bertz CT molecular complexity index is 747. The summed E-state index contributed by atoms with van der Waals surface area (Å²) in [7, 11) is 0. The molecule has 0 saturated heterocycles. The van der Waals surface area contributed by atoms with Crippen LogP contribution in [0, 0.1) is 0 Å². The molecule has 1 aliphatic rings. The minimum absolute atomic E-state index is 0.0869. The number of Topliss-reactive ketones (excluding diaryl/α,β-unsaturated/α-hetero) is 1. The van der Waals surface area contributed by atoms with E-state index in [0.717, 1.165) is 13.3 Å². The Morgan fingerprint density at radius 2 is 1.89 bits per heavy atom. The van der Waals surface area contributed by atoms with E-state index in [9.17, 15) is 31.1 Å². The molecule has 0 unspecified atom stereocenters. The molecule has 0 bridgehead atoms. The van der Waals surface area contributed by atoms with Crippen LogP contribution in [0.15, 0.2) is 5.83 Å².